The molecule has 0 spiro atoms. The third-order valence-electron chi connectivity index (χ3n) is 1.96. The van der Waals surface area contributed by atoms with E-state index in [0.717, 1.165) is 17.7 Å². The van der Waals surface area contributed by atoms with E-state index in [1.165, 1.54) is 11.3 Å². The Bertz CT molecular complexity index is 272. The van der Waals surface area contributed by atoms with Crippen LogP contribution in [0.3, 0.4) is 0 Å². The van der Waals surface area contributed by atoms with Crippen molar-refractivity contribution in [3.63, 3.8) is 0 Å². The zero-order valence-corrected chi connectivity index (χ0v) is 9.34. The highest BCUT2D eigenvalue weighted by Gasteiger charge is 2.13. The number of nitrogens with zero attached hydrogens (tertiary/aromatic N) is 1. The highest BCUT2D eigenvalue weighted by molar-refractivity contribution is 7.09. The second-order valence-corrected chi connectivity index (χ2v) is 4.24. The molecule has 1 aromatic heterocycles. The maximum atomic E-state index is 11.4. The normalized spacial score (nSPS) is 12.4. The number of thiazole rings is 1. The maximum Gasteiger partial charge on any atom is 0.309 e. The second-order valence-electron chi connectivity index (χ2n) is 3.27. The summed E-state index contributed by atoms with van der Waals surface area (Å²) < 4.78 is 5.13. The van der Waals surface area contributed by atoms with Gasteiger partial charge in [0.2, 0.25) is 0 Å². The van der Waals surface area contributed by atoms with Gasteiger partial charge in [-0.3, -0.25) is 9.78 Å². The Kier molecular flexibility index (Phi) is 4.59. The van der Waals surface area contributed by atoms with Crippen LogP contribution in [0.2, 0.25) is 0 Å². The summed E-state index contributed by atoms with van der Waals surface area (Å²) in [6.07, 6.45) is 3.63. The average Bonchev–Trinajstić information content (AvgIpc) is 2.67. The summed E-state index contributed by atoms with van der Waals surface area (Å²) in [5.41, 5.74) is 1.73. The maximum absolute atomic E-state index is 11.4. The molecule has 0 fully saturated rings. The van der Waals surface area contributed by atoms with Crippen molar-refractivity contribution in [2.45, 2.75) is 33.3 Å². The Labute approximate surface area is 88.1 Å². The van der Waals surface area contributed by atoms with Crippen LogP contribution in [-0.2, 0) is 16.1 Å². The van der Waals surface area contributed by atoms with Gasteiger partial charge < -0.3 is 4.74 Å². The third-order valence-corrected chi connectivity index (χ3v) is 2.72. The molecule has 0 bridgehead atoms. The van der Waals surface area contributed by atoms with Crippen LogP contribution < -0.4 is 0 Å². The lowest BCUT2D eigenvalue weighted by Gasteiger charge is -2.08. The van der Waals surface area contributed by atoms with E-state index in [-0.39, 0.29) is 11.9 Å². The van der Waals surface area contributed by atoms with Gasteiger partial charge in [-0.05, 0) is 6.42 Å². The van der Waals surface area contributed by atoms with Gasteiger partial charge in [-0.2, -0.15) is 0 Å². The lowest BCUT2D eigenvalue weighted by atomic mass is 10.1. The number of carbonyl (C=O) groups is 1. The molecule has 0 aromatic carbocycles. The first-order valence-corrected chi connectivity index (χ1v) is 5.66. The van der Waals surface area contributed by atoms with Crippen molar-refractivity contribution in [2.75, 3.05) is 0 Å². The van der Waals surface area contributed by atoms with Crippen molar-refractivity contribution in [1.29, 1.82) is 0 Å². The van der Waals surface area contributed by atoms with E-state index in [9.17, 15) is 4.79 Å². The molecular weight excluding hydrogens is 198 g/mol. The molecule has 4 heteroatoms. The van der Waals surface area contributed by atoms with Crippen LogP contribution in [0.1, 0.15) is 31.6 Å². The fourth-order valence-corrected chi connectivity index (χ4v) is 1.65. The van der Waals surface area contributed by atoms with E-state index in [1.54, 1.807) is 11.7 Å². The van der Waals surface area contributed by atoms with Gasteiger partial charge in [-0.25, -0.2) is 0 Å². The predicted molar refractivity (Wildman–Crippen MR) is 56.0 cm³/mol. The molecule has 1 aromatic rings. The van der Waals surface area contributed by atoms with Crippen LogP contribution in [0.4, 0.5) is 0 Å². The Morgan fingerprint density at radius 3 is 3.07 bits per heavy atom. The number of hydrogen-bond acceptors (Lipinski definition) is 4. The van der Waals surface area contributed by atoms with Crippen LogP contribution in [0, 0.1) is 5.92 Å². The van der Waals surface area contributed by atoms with Gasteiger partial charge >= 0.3 is 5.97 Å². The van der Waals surface area contributed by atoms with E-state index in [1.807, 2.05) is 6.92 Å². The van der Waals surface area contributed by atoms with Crippen LogP contribution in [-0.4, -0.2) is 11.0 Å². The van der Waals surface area contributed by atoms with E-state index >= 15 is 0 Å². The van der Waals surface area contributed by atoms with Crippen LogP contribution in [0.25, 0.3) is 0 Å². The van der Waals surface area contributed by atoms with Crippen LogP contribution in [0.15, 0.2) is 11.7 Å². The molecule has 78 valence electrons. The van der Waals surface area contributed by atoms with Crippen LogP contribution in [0.5, 0.6) is 0 Å². The Morgan fingerprint density at radius 1 is 1.71 bits per heavy atom. The van der Waals surface area contributed by atoms with Crippen molar-refractivity contribution >= 4 is 17.3 Å². The van der Waals surface area contributed by atoms with Gasteiger partial charge in [0, 0.05) is 6.20 Å². The zero-order valence-electron chi connectivity index (χ0n) is 8.53. The lowest BCUT2D eigenvalue weighted by molar-refractivity contribution is -0.149. The standard InChI is InChI=1S/C10H15NO2S/c1-3-4-8(2)10(12)13-6-9-5-11-7-14-9/h5,7-8H,3-4,6H2,1-2H3. The second kappa shape index (κ2) is 5.75. The van der Waals surface area contributed by atoms with Gasteiger partial charge in [0.25, 0.3) is 0 Å². The van der Waals surface area contributed by atoms with E-state index in [0.29, 0.717) is 6.61 Å². The first kappa shape index (κ1) is 11.2. The van der Waals surface area contributed by atoms with Gasteiger partial charge in [-0.15, -0.1) is 11.3 Å². The fraction of sp³-hybridized carbons (Fsp3) is 0.600. The van der Waals surface area contributed by atoms with Gasteiger partial charge in [-0.1, -0.05) is 20.3 Å². The number of esters is 1. The number of carbonyl (C=O) groups excluding carboxylic acids is 1. The minimum atomic E-state index is -0.111. The Morgan fingerprint density at radius 2 is 2.50 bits per heavy atom. The minimum Gasteiger partial charge on any atom is -0.460 e. The lowest BCUT2D eigenvalue weighted by Crippen LogP contribution is -2.14. The van der Waals surface area contributed by atoms with Crippen molar-refractivity contribution in [2.24, 2.45) is 5.92 Å². The smallest absolute Gasteiger partial charge is 0.309 e. The summed E-state index contributed by atoms with van der Waals surface area (Å²) in [5, 5.41) is 0. The number of aromatic nitrogens is 1. The minimum absolute atomic E-state index is 0.00733. The SMILES string of the molecule is CCCC(C)C(=O)OCc1cncs1. The molecule has 14 heavy (non-hydrogen) atoms. The molecule has 0 saturated carbocycles. The molecule has 0 aliphatic rings. The summed E-state index contributed by atoms with van der Waals surface area (Å²) in [5.74, 6) is -0.104. The third kappa shape index (κ3) is 3.46. The molecular formula is C10H15NO2S. The van der Waals surface area contributed by atoms with Gasteiger partial charge in [0.1, 0.15) is 6.61 Å². The molecule has 1 rings (SSSR count). The van der Waals surface area contributed by atoms with Crippen molar-refractivity contribution in [1.82, 2.24) is 4.98 Å². The number of hydrogen-bond donors (Lipinski definition) is 0. The average molecular weight is 213 g/mol. The molecule has 0 aliphatic carbocycles. The van der Waals surface area contributed by atoms with Crippen molar-refractivity contribution < 1.29 is 9.53 Å². The topological polar surface area (TPSA) is 39.2 Å². The van der Waals surface area contributed by atoms with Gasteiger partial charge in [0.15, 0.2) is 0 Å². The molecule has 1 atom stereocenters. The summed E-state index contributed by atoms with van der Waals surface area (Å²) in [4.78, 5) is 16.3. The van der Waals surface area contributed by atoms with Gasteiger partial charge in [0.05, 0.1) is 16.3 Å². The first-order chi connectivity index (χ1) is 6.74. The van der Waals surface area contributed by atoms with Crippen molar-refractivity contribution in [3.8, 4) is 0 Å². The molecule has 1 unspecified atom stereocenters. The summed E-state index contributed by atoms with van der Waals surface area (Å²) >= 11 is 1.50. The van der Waals surface area contributed by atoms with Crippen molar-refractivity contribution in [3.05, 3.63) is 16.6 Å². The highest BCUT2D eigenvalue weighted by Crippen LogP contribution is 2.11. The van der Waals surface area contributed by atoms with E-state index in [2.05, 4.69) is 11.9 Å². The molecule has 3 nitrogen and oxygen atoms in total. The molecule has 0 N–H and O–H groups in total. The first-order valence-electron chi connectivity index (χ1n) is 4.78. The molecule has 1 heterocycles. The molecule has 0 saturated heterocycles. The molecule has 0 aliphatic heterocycles. The predicted octanol–water partition coefficient (Wildman–Crippen LogP) is 2.62. The number of rotatable bonds is 5. The monoisotopic (exact) mass is 213 g/mol. The molecule has 0 amide bonds. The Balaban J connectivity index is 2.27. The number of ether oxygens (including phenoxy) is 1. The summed E-state index contributed by atoms with van der Waals surface area (Å²) in [7, 11) is 0. The molecule has 0 radical (unpaired) electrons. The fourth-order valence-electron chi connectivity index (χ4n) is 1.15. The summed E-state index contributed by atoms with van der Waals surface area (Å²) in [6.45, 7) is 4.32. The summed E-state index contributed by atoms with van der Waals surface area (Å²) in [6, 6.07) is 0. The quantitative estimate of drug-likeness (QED) is 0.706. The zero-order chi connectivity index (χ0) is 10.4. The van der Waals surface area contributed by atoms with E-state index < -0.39 is 0 Å². The van der Waals surface area contributed by atoms with Crippen LogP contribution >= 0.6 is 11.3 Å². The largest absolute Gasteiger partial charge is 0.460 e. The Hall–Kier alpha value is -0.900. The highest BCUT2D eigenvalue weighted by atomic mass is 32.1. The van der Waals surface area contributed by atoms with E-state index in [4.69, 9.17) is 4.74 Å².